The third-order valence-electron chi connectivity index (χ3n) is 9.04. The van der Waals surface area contributed by atoms with Crippen molar-refractivity contribution in [1.82, 2.24) is 0 Å². The molecule has 43 heavy (non-hydrogen) atoms. The SMILES string of the molecule is CCCCCCCCCCCCCCCC[PH](CCCCCC)(CCCCCC)CCCCCC.O=S(=O)(O)C(F)(F)F. The minimum Gasteiger partial charge on any atom is -0.279 e. The van der Waals surface area contributed by atoms with Crippen molar-refractivity contribution in [1.29, 1.82) is 0 Å². The molecule has 0 amide bonds. The summed E-state index contributed by atoms with van der Waals surface area (Å²) in [6.07, 6.45) is 45.3. The van der Waals surface area contributed by atoms with Gasteiger partial charge in [-0.1, -0.05) is 26.2 Å². The Morgan fingerprint density at radius 3 is 0.767 bits per heavy atom. The molecule has 0 radical (unpaired) electrons. The van der Waals surface area contributed by atoms with E-state index < -0.39 is 22.9 Å². The van der Waals surface area contributed by atoms with Gasteiger partial charge in [0.15, 0.2) is 0 Å². The van der Waals surface area contributed by atoms with E-state index in [1.54, 1.807) is 50.3 Å². The van der Waals surface area contributed by atoms with Crippen LogP contribution in [0.15, 0.2) is 0 Å². The maximum Gasteiger partial charge on any atom is 0.522 e. The van der Waals surface area contributed by atoms with Crippen LogP contribution in [0, 0.1) is 0 Å². The summed E-state index contributed by atoms with van der Waals surface area (Å²) in [6.45, 7) is 9.43. The number of alkyl halides is 3. The van der Waals surface area contributed by atoms with E-state index in [0.717, 1.165) is 0 Å². The number of rotatable bonds is 30. The fourth-order valence-electron chi connectivity index (χ4n) is 6.22. The zero-order valence-electron chi connectivity index (χ0n) is 29.0. The Kier molecular flexibility index (Phi) is 32.4. The fourth-order valence-corrected chi connectivity index (χ4v) is 11.7. The van der Waals surface area contributed by atoms with Gasteiger partial charge in [0.2, 0.25) is 0 Å². The number of hydrogen-bond acceptors (Lipinski definition) is 2. The molecular formula is C35H74F3O3PS. The molecule has 3 nitrogen and oxygen atoms in total. The van der Waals surface area contributed by atoms with E-state index in [1.807, 2.05) is 0 Å². The van der Waals surface area contributed by atoms with Crippen LogP contribution >= 0.6 is 7.26 Å². The molecule has 264 valence electrons. The maximum absolute atomic E-state index is 10.7. The predicted octanol–water partition coefficient (Wildman–Crippen LogP) is 13.4. The van der Waals surface area contributed by atoms with Gasteiger partial charge < -0.3 is 0 Å². The van der Waals surface area contributed by atoms with Gasteiger partial charge in [0.1, 0.15) is 0 Å². The van der Waals surface area contributed by atoms with Crippen molar-refractivity contribution < 1.29 is 26.1 Å². The summed E-state index contributed by atoms with van der Waals surface area (Å²) in [6, 6.07) is 0. The van der Waals surface area contributed by atoms with E-state index in [9.17, 15) is 13.2 Å². The Labute approximate surface area is 267 Å². The van der Waals surface area contributed by atoms with Gasteiger partial charge in [-0.15, -0.1) is 0 Å². The minimum atomic E-state index is -5.84. The van der Waals surface area contributed by atoms with Gasteiger partial charge in [0.25, 0.3) is 0 Å². The van der Waals surface area contributed by atoms with E-state index in [1.165, 1.54) is 141 Å². The largest absolute Gasteiger partial charge is 0.522 e. The molecule has 0 aliphatic rings. The topological polar surface area (TPSA) is 54.4 Å². The average molecular weight is 663 g/mol. The van der Waals surface area contributed by atoms with Crippen LogP contribution in [0.1, 0.15) is 195 Å². The van der Waals surface area contributed by atoms with Gasteiger partial charge in [-0.25, -0.2) is 0 Å². The average Bonchev–Trinajstić information content (AvgIpc) is 2.95. The van der Waals surface area contributed by atoms with Crippen molar-refractivity contribution >= 4 is 17.4 Å². The summed E-state index contributed by atoms with van der Waals surface area (Å²) in [5, 5.41) is 0. The number of hydrogen-bond donors (Lipinski definition) is 1. The zero-order valence-corrected chi connectivity index (χ0v) is 30.8. The maximum atomic E-state index is 10.7. The first-order chi connectivity index (χ1) is 20.5. The van der Waals surface area contributed by atoms with Gasteiger partial charge in [-0.3, -0.25) is 4.55 Å². The van der Waals surface area contributed by atoms with Crippen LogP contribution in [0.4, 0.5) is 13.2 Å². The molecule has 0 aliphatic heterocycles. The van der Waals surface area contributed by atoms with Crippen LogP contribution in [0.5, 0.6) is 0 Å². The Morgan fingerprint density at radius 2 is 0.581 bits per heavy atom. The monoisotopic (exact) mass is 663 g/mol. The van der Waals surface area contributed by atoms with Crippen molar-refractivity contribution in [3.8, 4) is 0 Å². The molecule has 1 N–H and O–H groups in total. The Hall–Kier alpha value is 0.130. The van der Waals surface area contributed by atoms with Crippen LogP contribution in [0.25, 0.3) is 0 Å². The number of halogens is 3. The van der Waals surface area contributed by atoms with Crippen LogP contribution in [0.2, 0.25) is 0 Å². The Balaban J connectivity index is 0. The quantitative estimate of drug-likeness (QED) is 0.0360. The van der Waals surface area contributed by atoms with Crippen molar-refractivity contribution in [3.63, 3.8) is 0 Å². The summed E-state index contributed by atoms with van der Waals surface area (Å²) < 4.78 is 57.5. The molecule has 0 aliphatic carbocycles. The molecule has 0 atom stereocenters. The van der Waals surface area contributed by atoms with Crippen LogP contribution in [0.3, 0.4) is 0 Å². The third kappa shape index (κ3) is 30.5. The molecule has 0 unspecified atom stereocenters. The smallest absolute Gasteiger partial charge is 0.279 e. The first-order valence-electron chi connectivity index (χ1n) is 18.5. The summed E-state index contributed by atoms with van der Waals surface area (Å²) in [5.41, 5.74) is -5.53. The van der Waals surface area contributed by atoms with Crippen LogP contribution < -0.4 is 0 Å². The second-order valence-corrected chi connectivity index (χ2v) is 19.6. The van der Waals surface area contributed by atoms with E-state index >= 15 is 0 Å². The molecule has 0 rings (SSSR count). The van der Waals surface area contributed by atoms with E-state index in [0.29, 0.717) is 0 Å². The van der Waals surface area contributed by atoms with Gasteiger partial charge >= 0.3 is 216 Å². The van der Waals surface area contributed by atoms with Gasteiger partial charge in [-0.05, 0) is 0 Å². The van der Waals surface area contributed by atoms with E-state index in [2.05, 4.69) is 27.7 Å². The molecule has 8 heteroatoms. The van der Waals surface area contributed by atoms with Gasteiger partial charge in [-0.2, -0.15) is 21.6 Å². The van der Waals surface area contributed by atoms with Crippen molar-refractivity contribution in [2.75, 3.05) is 24.6 Å². The molecule has 0 spiro atoms. The molecule has 0 aromatic rings. The third-order valence-corrected chi connectivity index (χ3v) is 15.3. The second-order valence-electron chi connectivity index (χ2n) is 13.2. The minimum absolute atomic E-state index is 1.05. The molecule has 0 heterocycles. The van der Waals surface area contributed by atoms with Crippen molar-refractivity contribution in [3.05, 3.63) is 0 Å². The van der Waals surface area contributed by atoms with Gasteiger partial charge in [0.05, 0.1) is 0 Å². The molecule has 0 bridgehead atoms. The van der Waals surface area contributed by atoms with Crippen LogP contribution in [-0.2, 0) is 10.1 Å². The van der Waals surface area contributed by atoms with Crippen molar-refractivity contribution in [2.45, 2.75) is 200 Å². The summed E-state index contributed by atoms with van der Waals surface area (Å²) >= 11 is 0. The molecule has 0 fully saturated rings. The summed E-state index contributed by atoms with van der Waals surface area (Å²) in [5.74, 6) is 0. The first kappa shape index (κ1) is 45.3. The van der Waals surface area contributed by atoms with Gasteiger partial charge in [0, 0.05) is 0 Å². The second kappa shape index (κ2) is 30.8. The zero-order chi connectivity index (χ0) is 32.7. The molecule has 0 saturated carbocycles. The van der Waals surface area contributed by atoms with E-state index in [4.69, 9.17) is 13.0 Å². The van der Waals surface area contributed by atoms with Crippen LogP contribution in [-0.4, -0.2) is 43.1 Å². The Morgan fingerprint density at radius 1 is 0.419 bits per heavy atom. The predicted molar refractivity (Wildman–Crippen MR) is 188 cm³/mol. The Bertz CT molecular complexity index is 640. The normalized spacial score (nSPS) is 12.7. The number of unbranched alkanes of at least 4 members (excludes halogenated alkanes) is 22. The fraction of sp³-hybridized carbons (Fsp3) is 1.00. The summed E-state index contributed by atoms with van der Waals surface area (Å²) in [4.78, 5) is 0. The molecule has 0 saturated heterocycles. The molecule has 0 aromatic heterocycles. The van der Waals surface area contributed by atoms with E-state index in [-0.39, 0.29) is 0 Å². The standard InChI is InChI=1S/C34H73P.CHF3O3S/c1-5-9-13-17-18-19-20-21-22-23-24-25-26-30-34-35(31-27-14-10-6-2,32-28-15-11-7-3)33-29-16-12-8-4;2-1(3,4)8(5,6)7/h35H,5-34H2,1-4H3;(H,5,6,7). The molecule has 0 aromatic carbocycles. The first-order valence-corrected chi connectivity index (χ1v) is 22.8. The van der Waals surface area contributed by atoms with Crippen molar-refractivity contribution in [2.24, 2.45) is 0 Å². The molecular weight excluding hydrogens is 588 g/mol. The summed E-state index contributed by atoms with van der Waals surface area (Å²) in [7, 11) is -6.89.